The molecule has 0 radical (unpaired) electrons. The molecule has 3 fully saturated rings. The molecular weight excluding hydrogens is 587 g/mol. The van der Waals surface area contributed by atoms with E-state index < -0.39 is 29.1 Å². The molecular formula is C28H25IN2O6. The van der Waals surface area contributed by atoms with Crippen molar-refractivity contribution in [2.24, 2.45) is 29.1 Å². The summed E-state index contributed by atoms with van der Waals surface area (Å²) in [5.41, 5.74) is 0.992. The van der Waals surface area contributed by atoms with Crippen molar-refractivity contribution in [3.63, 3.8) is 0 Å². The second-order valence-electron chi connectivity index (χ2n) is 10.4. The van der Waals surface area contributed by atoms with Gasteiger partial charge in [0.1, 0.15) is 0 Å². The lowest BCUT2D eigenvalue weighted by Crippen LogP contribution is -2.48. The molecule has 190 valence electrons. The van der Waals surface area contributed by atoms with E-state index in [2.05, 4.69) is 5.32 Å². The number of halogens is 1. The average molecular weight is 612 g/mol. The van der Waals surface area contributed by atoms with Crippen LogP contribution < -0.4 is 15.0 Å². The number of aromatic hydroxyl groups is 1. The number of methoxy groups -OCH3 is 1. The van der Waals surface area contributed by atoms with Crippen LogP contribution in [0.2, 0.25) is 0 Å². The Morgan fingerprint density at radius 3 is 2.51 bits per heavy atom. The van der Waals surface area contributed by atoms with E-state index in [9.17, 15) is 24.3 Å². The van der Waals surface area contributed by atoms with Crippen molar-refractivity contribution in [1.29, 1.82) is 0 Å². The predicted molar refractivity (Wildman–Crippen MR) is 142 cm³/mol. The number of fused-ring (bicyclic) bond motifs is 4. The minimum Gasteiger partial charge on any atom is -0.504 e. The van der Waals surface area contributed by atoms with Gasteiger partial charge in [0.25, 0.3) is 0 Å². The van der Waals surface area contributed by atoms with E-state index in [1.165, 1.54) is 12.0 Å². The highest BCUT2D eigenvalue weighted by atomic mass is 127. The summed E-state index contributed by atoms with van der Waals surface area (Å²) in [5.74, 6) is -3.57. The van der Waals surface area contributed by atoms with Gasteiger partial charge in [0.2, 0.25) is 23.6 Å². The van der Waals surface area contributed by atoms with Crippen LogP contribution in [0.5, 0.6) is 11.5 Å². The number of hydrogen-bond donors (Lipinski definition) is 2. The first kappa shape index (κ1) is 24.1. The van der Waals surface area contributed by atoms with Crippen molar-refractivity contribution in [3.05, 3.63) is 63.2 Å². The van der Waals surface area contributed by atoms with Gasteiger partial charge in [-0.1, -0.05) is 29.8 Å². The molecule has 2 heterocycles. The number of phenolic OH excluding ortho intramolecular Hbond substituents is 1. The third-order valence-electron chi connectivity index (χ3n) is 8.74. The van der Waals surface area contributed by atoms with Crippen LogP contribution in [0.3, 0.4) is 0 Å². The molecule has 0 aromatic heterocycles. The molecule has 2 aromatic carbocycles. The van der Waals surface area contributed by atoms with E-state index in [1.54, 1.807) is 30.3 Å². The maximum Gasteiger partial charge on any atom is 0.241 e. The Morgan fingerprint density at radius 1 is 1.08 bits per heavy atom. The second kappa shape index (κ2) is 8.41. The molecule has 0 unspecified atom stereocenters. The van der Waals surface area contributed by atoms with Gasteiger partial charge in [-0.25, -0.2) is 4.90 Å². The number of imide groups is 2. The molecule has 6 atom stereocenters. The van der Waals surface area contributed by atoms with Crippen molar-refractivity contribution in [2.75, 3.05) is 12.0 Å². The summed E-state index contributed by atoms with van der Waals surface area (Å²) in [6.45, 7) is 1.83. The highest BCUT2D eigenvalue weighted by Crippen LogP contribution is 2.63. The molecule has 6 rings (SSSR count). The van der Waals surface area contributed by atoms with Crippen LogP contribution in [0.15, 0.2) is 54.1 Å². The van der Waals surface area contributed by atoms with Gasteiger partial charge in [0, 0.05) is 5.92 Å². The lowest BCUT2D eigenvalue weighted by atomic mass is 9.51. The number of hydrogen-bond acceptors (Lipinski definition) is 6. The lowest BCUT2D eigenvalue weighted by molar-refractivity contribution is -0.131. The maximum absolute atomic E-state index is 14.2. The summed E-state index contributed by atoms with van der Waals surface area (Å²) in [7, 11) is 1.46. The number of amides is 4. The summed E-state index contributed by atoms with van der Waals surface area (Å²) in [4.78, 5) is 54.9. The minimum absolute atomic E-state index is 0.000829. The van der Waals surface area contributed by atoms with E-state index in [1.807, 2.05) is 47.7 Å². The number of allylic oxidation sites excluding steroid dienone is 2. The highest BCUT2D eigenvalue weighted by molar-refractivity contribution is 14.1. The number of ether oxygens (including phenoxy) is 1. The molecule has 4 aliphatic rings. The number of benzene rings is 2. The monoisotopic (exact) mass is 612 g/mol. The molecule has 0 bridgehead atoms. The van der Waals surface area contributed by atoms with Gasteiger partial charge in [-0.15, -0.1) is 0 Å². The Bertz CT molecular complexity index is 1400. The van der Waals surface area contributed by atoms with Crippen molar-refractivity contribution in [1.82, 2.24) is 5.32 Å². The molecule has 9 heteroatoms. The third-order valence-corrected chi connectivity index (χ3v) is 9.56. The van der Waals surface area contributed by atoms with Crippen molar-refractivity contribution in [2.45, 2.75) is 25.7 Å². The summed E-state index contributed by atoms with van der Waals surface area (Å²) in [5, 5.41) is 13.0. The smallest absolute Gasteiger partial charge is 0.241 e. The fourth-order valence-corrected chi connectivity index (χ4v) is 7.67. The Hall–Kier alpha value is -3.21. The number of anilines is 1. The number of para-hydroxylation sites is 1. The van der Waals surface area contributed by atoms with Crippen LogP contribution in [0, 0.1) is 32.7 Å². The van der Waals surface area contributed by atoms with Crippen molar-refractivity contribution in [3.8, 4) is 11.5 Å². The minimum atomic E-state index is -1.13. The molecule has 1 saturated carbocycles. The zero-order chi connectivity index (χ0) is 26.2. The first-order valence-electron chi connectivity index (χ1n) is 12.2. The second-order valence-corrected chi connectivity index (χ2v) is 11.6. The number of rotatable bonds is 3. The summed E-state index contributed by atoms with van der Waals surface area (Å²) in [6.07, 6.45) is 2.69. The van der Waals surface area contributed by atoms with Gasteiger partial charge in [0.15, 0.2) is 11.5 Å². The zero-order valence-corrected chi connectivity index (χ0v) is 22.4. The van der Waals surface area contributed by atoms with Gasteiger partial charge < -0.3 is 9.84 Å². The normalized spacial score (nSPS) is 32.5. The first-order chi connectivity index (χ1) is 17.7. The molecule has 0 spiro atoms. The third kappa shape index (κ3) is 3.25. The van der Waals surface area contributed by atoms with Crippen molar-refractivity contribution < 1.29 is 29.0 Å². The van der Waals surface area contributed by atoms with E-state index >= 15 is 0 Å². The molecule has 8 nitrogen and oxygen atoms in total. The molecule has 2 aliphatic carbocycles. The van der Waals surface area contributed by atoms with Crippen LogP contribution in [-0.2, 0) is 19.2 Å². The molecule has 2 aliphatic heterocycles. The van der Waals surface area contributed by atoms with E-state index in [-0.39, 0.29) is 41.0 Å². The van der Waals surface area contributed by atoms with Gasteiger partial charge in [-0.2, -0.15) is 0 Å². The molecule has 2 saturated heterocycles. The van der Waals surface area contributed by atoms with Gasteiger partial charge >= 0.3 is 0 Å². The Morgan fingerprint density at radius 2 is 1.81 bits per heavy atom. The number of phenols is 1. The Kier molecular flexibility index (Phi) is 5.48. The summed E-state index contributed by atoms with van der Waals surface area (Å²) in [6, 6.07) is 12.4. The highest BCUT2D eigenvalue weighted by Gasteiger charge is 2.67. The van der Waals surface area contributed by atoms with Crippen LogP contribution in [0.1, 0.15) is 31.2 Å². The number of nitrogens with zero attached hydrogens (tertiary/aromatic N) is 1. The number of nitrogens with one attached hydrogen (secondary N) is 1. The summed E-state index contributed by atoms with van der Waals surface area (Å²) < 4.78 is 5.98. The van der Waals surface area contributed by atoms with Crippen LogP contribution >= 0.6 is 22.6 Å². The maximum atomic E-state index is 14.2. The molecule has 37 heavy (non-hydrogen) atoms. The molecule has 2 aromatic rings. The largest absolute Gasteiger partial charge is 0.504 e. The lowest BCUT2D eigenvalue weighted by Gasteiger charge is -2.49. The SMILES string of the molecule is COc1cc([C@H]2C3=CC[C@@H]4C(=O)NC(=O)[C@@H]4[C@@H]3C[C@H]3C(=O)N(c4ccccc4)C(=O)[C@@]23C)cc(I)c1O. The first-order valence-corrected chi connectivity index (χ1v) is 13.3. The topological polar surface area (TPSA) is 113 Å². The predicted octanol–water partition coefficient (Wildman–Crippen LogP) is 3.52. The fourth-order valence-electron chi connectivity index (χ4n) is 7.05. The van der Waals surface area contributed by atoms with Crippen LogP contribution in [0.25, 0.3) is 0 Å². The van der Waals surface area contributed by atoms with Gasteiger partial charge in [-0.05, 0) is 78.1 Å². The number of carbonyl (C=O) groups is 4. The van der Waals surface area contributed by atoms with E-state index in [0.717, 1.165) is 11.1 Å². The van der Waals surface area contributed by atoms with Crippen LogP contribution in [0.4, 0.5) is 5.69 Å². The van der Waals surface area contributed by atoms with Crippen molar-refractivity contribution >= 4 is 51.9 Å². The van der Waals surface area contributed by atoms with E-state index in [4.69, 9.17) is 4.74 Å². The van der Waals surface area contributed by atoms with Gasteiger partial charge in [-0.3, -0.25) is 24.5 Å². The summed E-state index contributed by atoms with van der Waals surface area (Å²) >= 11 is 2.02. The average Bonchev–Trinajstić information content (AvgIpc) is 3.28. The van der Waals surface area contributed by atoms with Gasteiger partial charge in [0.05, 0.1) is 39.5 Å². The quantitative estimate of drug-likeness (QED) is 0.312. The molecule has 4 amide bonds. The van der Waals surface area contributed by atoms with Crippen LogP contribution in [-0.4, -0.2) is 35.8 Å². The fraction of sp³-hybridized carbons (Fsp3) is 0.357. The van der Waals surface area contributed by atoms with E-state index in [0.29, 0.717) is 22.1 Å². The zero-order valence-electron chi connectivity index (χ0n) is 20.2. The number of carbonyl (C=O) groups excluding carboxylic acids is 4. The Labute approximate surface area is 227 Å². The Balaban J connectivity index is 1.57. The molecule has 2 N–H and O–H groups in total. The standard InChI is InChI=1S/C28H25IN2O6/c1-28-18(26(35)31(27(28)36)14-6-4-3-5-7-14)12-17-15(8-9-16-21(17)25(34)30-24(16)33)22(28)13-10-19(29)23(32)20(11-13)37-2/h3-8,10-11,16-18,21-22,32H,9,12H2,1-2H3,(H,30,33,34)/t16-,17+,18-,21-,22-,28+/m0/s1.